The van der Waals surface area contributed by atoms with Crippen LogP contribution < -0.4 is 4.74 Å². The second-order valence-corrected chi connectivity index (χ2v) is 9.91. The summed E-state index contributed by atoms with van der Waals surface area (Å²) in [4.78, 5) is 13.4. The molecule has 2 unspecified atom stereocenters. The molecule has 2 aromatic carbocycles. The zero-order chi connectivity index (χ0) is 22.8. The Bertz CT molecular complexity index is 1020. The van der Waals surface area contributed by atoms with Crippen molar-refractivity contribution in [1.82, 2.24) is 4.90 Å². The van der Waals surface area contributed by atoms with Crippen molar-refractivity contribution in [1.29, 1.82) is 0 Å². The van der Waals surface area contributed by atoms with Crippen LogP contribution in [0.25, 0.3) is 5.03 Å². The summed E-state index contributed by atoms with van der Waals surface area (Å²) in [5, 5.41) is 10.8. The van der Waals surface area contributed by atoms with Gasteiger partial charge in [-0.3, -0.25) is 9.69 Å². The van der Waals surface area contributed by atoms with Gasteiger partial charge < -0.3 is 9.84 Å². The first-order valence-corrected chi connectivity index (χ1v) is 11.9. The summed E-state index contributed by atoms with van der Waals surface area (Å²) in [6.45, 7) is 6.14. The Kier molecular flexibility index (Phi) is 7.14. The standard InChI is InChI=1S/C26H29Cl2NO3/c1-16(11-18-3-7-21(27)8-4-18)15-32-22-9-10-23-19(12-22)5-6-20(25(23)28)13-29-14-24(17(29)2)26(30)31/h3-4,7-10,12,16-17,24H,5-6,11,13-15H2,1-2H3,(H,30,31)/t16-,17?,24?/m0/s1. The maximum atomic E-state index is 11.2. The minimum atomic E-state index is -0.710. The van der Waals surface area contributed by atoms with E-state index < -0.39 is 5.97 Å². The second-order valence-electron chi connectivity index (χ2n) is 9.10. The Balaban J connectivity index is 1.35. The number of hydrogen-bond donors (Lipinski definition) is 1. The number of likely N-dealkylation sites (tertiary alicyclic amines) is 1. The summed E-state index contributed by atoms with van der Waals surface area (Å²) in [7, 11) is 0. The Hall–Kier alpha value is -2.01. The fourth-order valence-corrected chi connectivity index (χ4v) is 5.03. The molecule has 170 valence electrons. The van der Waals surface area contributed by atoms with Crippen LogP contribution >= 0.6 is 23.2 Å². The largest absolute Gasteiger partial charge is 0.493 e. The Morgan fingerprint density at radius 2 is 1.94 bits per heavy atom. The van der Waals surface area contributed by atoms with Crippen molar-refractivity contribution in [3.8, 4) is 5.75 Å². The second kappa shape index (κ2) is 9.86. The molecule has 1 fully saturated rings. The van der Waals surface area contributed by atoms with Crippen LogP contribution in [0.2, 0.25) is 5.02 Å². The van der Waals surface area contributed by atoms with Crippen LogP contribution in [-0.4, -0.2) is 41.7 Å². The van der Waals surface area contributed by atoms with Crippen molar-refractivity contribution in [3.05, 3.63) is 69.8 Å². The molecule has 2 aromatic rings. The smallest absolute Gasteiger partial charge is 0.309 e. The van der Waals surface area contributed by atoms with Crippen LogP contribution in [0.1, 0.15) is 37.0 Å². The maximum Gasteiger partial charge on any atom is 0.309 e. The van der Waals surface area contributed by atoms with Crippen molar-refractivity contribution in [3.63, 3.8) is 0 Å². The number of carbonyl (C=O) groups is 1. The topological polar surface area (TPSA) is 49.8 Å². The third kappa shape index (κ3) is 5.14. The lowest BCUT2D eigenvalue weighted by Gasteiger charge is -2.45. The Morgan fingerprint density at radius 1 is 1.19 bits per heavy atom. The third-order valence-electron chi connectivity index (χ3n) is 6.65. The molecule has 2 aliphatic rings. The zero-order valence-corrected chi connectivity index (χ0v) is 20.0. The van der Waals surface area contributed by atoms with E-state index in [1.165, 1.54) is 16.7 Å². The molecular weight excluding hydrogens is 445 g/mol. The monoisotopic (exact) mass is 473 g/mol. The highest BCUT2D eigenvalue weighted by Gasteiger charge is 2.40. The lowest BCUT2D eigenvalue weighted by atomic mass is 9.87. The molecule has 1 saturated heterocycles. The van der Waals surface area contributed by atoms with E-state index in [0.717, 1.165) is 47.2 Å². The number of carboxylic acid groups (broad SMARTS) is 1. The number of carboxylic acids is 1. The molecule has 0 amide bonds. The van der Waals surface area contributed by atoms with Gasteiger partial charge in [-0.2, -0.15) is 0 Å². The van der Waals surface area contributed by atoms with Gasteiger partial charge in [0.15, 0.2) is 0 Å². The summed E-state index contributed by atoms with van der Waals surface area (Å²) < 4.78 is 6.08. The molecule has 32 heavy (non-hydrogen) atoms. The normalized spacial score (nSPS) is 21.6. The fraction of sp³-hybridized carbons (Fsp3) is 0.423. The molecule has 0 bridgehead atoms. The number of benzene rings is 2. The van der Waals surface area contributed by atoms with Gasteiger partial charge in [-0.25, -0.2) is 0 Å². The molecule has 3 atom stereocenters. The summed E-state index contributed by atoms with van der Waals surface area (Å²) in [6, 6.07) is 14.2. The van der Waals surface area contributed by atoms with Crippen molar-refractivity contribution in [2.75, 3.05) is 19.7 Å². The van der Waals surface area contributed by atoms with E-state index in [-0.39, 0.29) is 12.0 Å². The van der Waals surface area contributed by atoms with Gasteiger partial charge in [-0.15, -0.1) is 0 Å². The fourth-order valence-electron chi connectivity index (χ4n) is 4.56. The highest BCUT2D eigenvalue weighted by atomic mass is 35.5. The van der Waals surface area contributed by atoms with Gasteiger partial charge in [-0.1, -0.05) is 42.3 Å². The predicted octanol–water partition coefficient (Wildman–Crippen LogP) is 5.90. The Labute approximate surface area is 199 Å². The van der Waals surface area contributed by atoms with E-state index in [9.17, 15) is 9.90 Å². The Morgan fingerprint density at radius 3 is 2.62 bits per heavy atom. The summed E-state index contributed by atoms with van der Waals surface area (Å²) in [5.41, 5.74) is 4.73. The number of aryl methyl sites for hydroxylation is 1. The first kappa shape index (κ1) is 23.2. The predicted molar refractivity (Wildman–Crippen MR) is 130 cm³/mol. The molecule has 0 aromatic heterocycles. The van der Waals surface area contributed by atoms with Crippen LogP contribution in [-0.2, 0) is 17.6 Å². The van der Waals surface area contributed by atoms with Crippen LogP contribution in [0.5, 0.6) is 5.75 Å². The highest BCUT2D eigenvalue weighted by Crippen LogP contribution is 2.38. The average Bonchev–Trinajstić information content (AvgIpc) is 2.77. The molecule has 1 heterocycles. The minimum absolute atomic E-state index is 0.0523. The molecular formula is C26H29Cl2NO3. The van der Waals surface area contributed by atoms with Crippen LogP contribution in [0.3, 0.4) is 0 Å². The number of fused-ring (bicyclic) bond motifs is 1. The highest BCUT2D eigenvalue weighted by molar-refractivity contribution is 6.49. The summed E-state index contributed by atoms with van der Waals surface area (Å²) >= 11 is 12.7. The van der Waals surface area contributed by atoms with Gasteiger partial charge in [0.1, 0.15) is 5.75 Å². The number of ether oxygens (including phenoxy) is 1. The van der Waals surface area contributed by atoms with Gasteiger partial charge in [0.2, 0.25) is 0 Å². The van der Waals surface area contributed by atoms with Crippen molar-refractivity contribution >= 4 is 34.2 Å². The zero-order valence-electron chi connectivity index (χ0n) is 18.5. The molecule has 1 N–H and O–H groups in total. The van der Waals surface area contributed by atoms with E-state index in [2.05, 4.69) is 36.1 Å². The first-order valence-electron chi connectivity index (χ1n) is 11.2. The van der Waals surface area contributed by atoms with Gasteiger partial charge in [0, 0.05) is 29.2 Å². The van der Waals surface area contributed by atoms with Gasteiger partial charge in [-0.05, 0) is 84.7 Å². The van der Waals surface area contributed by atoms with E-state index >= 15 is 0 Å². The molecule has 1 aliphatic heterocycles. The quantitative estimate of drug-likeness (QED) is 0.518. The molecule has 4 rings (SSSR count). The lowest BCUT2D eigenvalue weighted by Crippen LogP contribution is -2.58. The van der Waals surface area contributed by atoms with E-state index in [1.807, 2.05) is 25.1 Å². The molecule has 0 radical (unpaired) electrons. The van der Waals surface area contributed by atoms with E-state index in [4.69, 9.17) is 27.9 Å². The van der Waals surface area contributed by atoms with E-state index in [0.29, 0.717) is 19.1 Å². The first-order chi connectivity index (χ1) is 15.3. The number of hydrogen-bond acceptors (Lipinski definition) is 3. The molecule has 4 nitrogen and oxygen atoms in total. The third-order valence-corrected chi connectivity index (χ3v) is 7.38. The van der Waals surface area contributed by atoms with Gasteiger partial charge in [0.05, 0.1) is 12.5 Å². The minimum Gasteiger partial charge on any atom is -0.493 e. The van der Waals surface area contributed by atoms with Crippen LogP contribution in [0, 0.1) is 11.8 Å². The molecule has 1 aliphatic carbocycles. The number of nitrogens with zero attached hydrogens (tertiary/aromatic N) is 1. The average molecular weight is 474 g/mol. The number of aliphatic carboxylic acids is 1. The van der Waals surface area contributed by atoms with Gasteiger partial charge >= 0.3 is 5.97 Å². The number of halogens is 2. The van der Waals surface area contributed by atoms with Crippen molar-refractivity contribution < 1.29 is 14.6 Å². The summed E-state index contributed by atoms with van der Waals surface area (Å²) in [5.74, 6) is 0.278. The maximum absolute atomic E-state index is 11.2. The van der Waals surface area contributed by atoms with Crippen molar-refractivity contribution in [2.45, 2.75) is 39.2 Å². The van der Waals surface area contributed by atoms with Gasteiger partial charge in [0.25, 0.3) is 0 Å². The number of rotatable bonds is 8. The van der Waals surface area contributed by atoms with Crippen LogP contribution in [0.15, 0.2) is 48.0 Å². The lowest BCUT2D eigenvalue weighted by molar-refractivity contribution is -0.151. The molecule has 6 heteroatoms. The molecule has 0 saturated carbocycles. The SMILES string of the molecule is CC1C(C(=O)O)CN1CC1=C(Cl)c2ccc(OC[C@@H](C)Cc3ccc(Cl)cc3)cc2CC1. The summed E-state index contributed by atoms with van der Waals surface area (Å²) in [6.07, 6.45) is 2.75. The van der Waals surface area contributed by atoms with Crippen molar-refractivity contribution in [2.24, 2.45) is 11.8 Å². The molecule has 0 spiro atoms. The van der Waals surface area contributed by atoms with E-state index in [1.54, 1.807) is 0 Å². The van der Waals surface area contributed by atoms with Crippen LogP contribution in [0.4, 0.5) is 0 Å².